The molecule has 21 heavy (non-hydrogen) atoms. The van der Waals surface area contributed by atoms with Crippen molar-refractivity contribution in [1.82, 2.24) is 0 Å². The molecule has 5 rings (SSSR count). The molecule has 0 spiro atoms. The molecule has 0 N–H and O–H groups in total. The zero-order valence-corrected chi connectivity index (χ0v) is 14.5. The zero-order chi connectivity index (χ0) is 14.9. The molecule has 0 amide bonds. The highest BCUT2D eigenvalue weighted by atomic mass is 35.5. The fourth-order valence-corrected chi connectivity index (χ4v) is 7.32. The molecule has 2 heteroatoms. The molecule has 4 bridgehead atoms. The van der Waals surface area contributed by atoms with Gasteiger partial charge >= 0.3 is 0 Å². The normalized spacial score (nSPS) is 45.8. The number of benzene rings is 1. The summed E-state index contributed by atoms with van der Waals surface area (Å²) in [6, 6.07) is 8.22. The topological polar surface area (TPSA) is 0 Å². The zero-order valence-electron chi connectivity index (χ0n) is 13.0. The molecule has 3 unspecified atom stereocenters. The Hall–Kier alpha value is -0.200. The SMILES string of the molecule is CC12CC3CC(C)(C1)CC(C(Cl)c1ccc(Cl)cc1)(C3)C2. The van der Waals surface area contributed by atoms with Crippen LogP contribution in [0.3, 0.4) is 0 Å². The van der Waals surface area contributed by atoms with E-state index < -0.39 is 0 Å². The van der Waals surface area contributed by atoms with E-state index in [1.807, 2.05) is 12.1 Å². The molecule has 1 aromatic carbocycles. The number of alkyl halides is 1. The molecule has 0 aromatic heterocycles. The van der Waals surface area contributed by atoms with Gasteiger partial charge in [0.2, 0.25) is 0 Å². The molecular weight excluding hydrogens is 299 g/mol. The van der Waals surface area contributed by atoms with Crippen molar-refractivity contribution in [2.24, 2.45) is 22.2 Å². The minimum atomic E-state index is 0.136. The molecule has 4 aliphatic carbocycles. The first kappa shape index (κ1) is 14.4. The number of rotatable bonds is 2. The van der Waals surface area contributed by atoms with E-state index >= 15 is 0 Å². The van der Waals surface area contributed by atoms with Gasteiger partial charge in [-0.3, -0.25) is 0 Å². The maximum absolute atomic E-state index is 7.06. The highest BCUT2D eigenvalue weighted by molar-refractivity contribution is 6.30. The Bertz CT molecular complexity index is 543. The van der Waals surface area contributed by atoms with Crippen LogP contribution < -0.4 is 0 Å². The smallest absolute Gasteiger partial charge is 0.0642 e. The van der Waals surface area contributed by atoms with Crippen LogP contribution in [0.2, 0.25) is 5.02 Å². The van der Waals surface area contributed by atoms with Gasteiger partial charge in [0, 0.05) is 5.02 Å². The van der Waals surface area contributed by atoms with E-state index in [9.17, 15) is 0 Å². The highest BCUT2D eigenvalue weighted by Gasteiger charge is 2.62. The van der Waals surface area contributed by atoms with Gasteiger partial charge in [0.05, 0.1) is 5.38 Å². The van der Waals surface area contributed by atoms with Gasteiger partial charge in [0.25, 0.3) is 0 Å². The molecule has 0 nitrogen and oxygen atoms in total. The minimum absolute atomic E-state index is 0.136. The molecule has 1 aromatic rings. The van der Waals surface area contributed by atoms with Crippen molar-refractivity contribution in [3.8, 4) is 0 Å². The van der Waals surface area contributed by atoms with Crippen molar-refractivity contribution in [2.45, 2.75) is 57.7 Å². The molecule has 0 saturated heterocycles. The van der Waals surface area contributed by atoms with Gasteiger partial charge in [-0.2, -0.15) is 0 Å². The fourth-order valence-electron chi connectivity index (χ4n) is 6.80. The predicted molar refractivity (Wildman–Crippen MR) is 89.9 cm³/mol. The third-order valence-corrected chi connectivity index (χ3v) is 7.34. The van der Waals surface area contributed by atoms with Gasteiger partial charge < -0.3 is 0 Å². The second-order valence-corrected chi connectivity index (χ2v) is 9.78. The third-order valence-electron chi connectivity index (χ3n) is 6.37. The molecular formula is C19H24Cl2. The van der Waals surface area contributed by atoms with E-state index in [-0.39, 0.29) is 5.38 Å². The summed E-state index contributed by atoms with van der Waals surface area (Å²) in [5.41, 5.74) is 2.61. The lowest BCUT2D eigenvalue weighted by Crippen LogP contribution is -2.56. The van der Waals surface area contributed by atoms with Crippen molar-refractivity contribution in [3.05, 3.63) is 34.9 Å². The Morgan fingerprint density at radius 2 is 1.52 bits per heavy atom. The molecule has 3 atom stereocenters. The van der Waals surface area contributed by atoms with Gasteiger partial charge in [0.1, 0.15) is 0 Å². The lowest BCUT2D eigenvalue weighted by atomic mass is 9.39. The third kappa shape index (κ3) is 2.25. The average molecular weight is 323 g/mol. The van der Waals surface area contributed by atoms with Crippen molar-refractivity contribution in [3.63, 3.8) is 0 Å². The molecule has 4 fully saturated rings. The summed E-state index contributed by atoms with van der Waals surface area (Å²) in [5.74, 6) is 0.893. The summed E-state index contributed by atoms with van der Waals surface area (Å²) in [4.78, 5) is 0. The standard InChI is InChI=1S/C19H24Cl2/c1-17-7-13-8-18(2,10-17)12-19(9-13,11-17)16(21)14-3-5-15(20)6-4-14/h3-6,13,16H,7-12H2,1-2H3. The second-order valence-electron chi connectivity index (χ2n) is 8.91. The van der Waals surface area contributed by atoms with Crippen LogP contribution >= 0.6 is 23.2 Å². The van der Waals surface area contributed by atoms with Crippen molar-refractivity contribution < 1.29 is 0 Å². The van der Waals surface area contributed by atoms with Crippen molar-refractivity contribution >= 4 is 23.2 Å². The minimum Gasteiger partial charge on any atom is -0.117 e. The summed E-state index contributed by atoms with van der Waals surface area (Å²) in [7, 11) is 0. The Labute approximate surface area is 138 Å². The van der Waals surface area contributed by atoms with E-state index in [1.165, 1.54) is 44.1 Å². The van der Waals surface area contributed by atoms with Crippen LogP contribution in [0.4, 0.5) is 0 Å². The summed E-state index contributed by atoms with van der Waals surface area (Å²) < 4.78 is 0. The number of hydrogen-bond acceptors (Lipinski definition) is 0. The van der Waals surface area contributed by atoms with E-state index in [0.29, 0.717) is 16.2 Å². The first-order chi connectivity index (χ1) is 9.82. The predicted octanol–water partition coefficient (Wildman–Crippen LogP) is 6.62. The Morgan fingerprint density at radius 3 is 2.05 bits per heavy atom. The van der Waals surface area contributed by atoms with Crippen molar-refractivity contribution in [2.75, 3.05) is 0 Å². The van der Waals surface area contributed by atoms with Gasteiger partial charge in [-0.05, 0) is 78.4 Å². The second kappa shape index (κ2) is 4.42. The van der Waals surface area contributed by atoms with Crippen LogP contribution in [-0.4, -0.2) is 0 Å². The Kier molecular flexibility index (Phi) is 3.03. The lowest BCUT2D eigenvalue weighted by molar-refractivity contribution is -0.146. The van der Waals surface area contributed by atoms with E-state index in [0.717, 1.165) is 10.9 Å². The van der Waals surface area contributed by atoms with Crippen LogP contribution in [0.1, 0.15) is 63.3 Å². The molecule has 4 saturated carbocycles. The van der Waals surface area contributed by atoms with Crippen LogP contribution in [0.5, 0.6) is 0 Å². The number of hydrogen-bond donors (Lipinski definition) is 0. The average Bonchev–Trinajstić information content (AvgIpc) is 2.34. The summed E-state index contributed by atoms with van der Waals surface area (Å²) in [6.07, 6.45) is 8.20. The van der Waals surface area contributed by atoms with Gasteiger partial charge in [-0.25, -0.2) is 0 Å². The molecule has 114 valence electrons. The maximum Gasteiger partial charge on any atom is 0.0642 e. The van der Waals surface area contributed by atoms with Gasteiger partial charge in [0.15, 0.2) is 0 Å². The first-order valence-electron chi connectivity index (χ1n) is 8.21. The largest absolute Gasteiger partial charge is 0.117 e. The van der Waals surface area contributed by atoms with Gasteiger partial charge in [-0.15, -0.1) is 11.6 Å². The summed E-state index contributed by atoms with van der Waals surface area (Å²) in [6.45, 7) is 5.02. The summed E-state index contributed by atoms with van der Waals surface area (Å²) in [5, 5.41) is 0.934. The van der Waals surface area contributed by atoms with Crippen molar-refractivity contribution in [1.29, 1.82) is 0 Å². The van der Waals surface area contributed by atoms with Crippen LogP contribution in [0.15, 0.2) is 24.3 Å². The van der Waals surface area contributed by atoms with Crippen LogP contribution in [-0.2, 0) is 0 Å². The number of halogens is 2. The molecule has 0 radical (unpaired) electrons. The van der Waals surface area contributed by atoms with E-state index in [1.54, 1.807) is 0 Å². The fraction of sp³-hybridized carbons (Fsp3) is 0.684. The monoisotopic (exact) mass is 322 g/mol. The first-order valence-corrected chi connectivity index (χ1v) is 9.03. The van der Waals surface area contributed by atoms with Gasteiger partial charge in [-0.1, -0.05) is 37.6 Å². The molecule has 4 aliphatic rings. The van der Waals surface area contributed by atoms with Crippen LogP contribution in [0.25, 0.3) is 0 Å². The molecule has 0 aliphatic heterocycles. The highest BCUT2D eigenvalue weighted by Crippen LogP contribution is 2.73. The summed E-state index contributed by atoms with van der Waals surface area (Å²) >= 11 is 13.1. The van der Waals surface area contributed by atoms with E-state index in [4.69, 9.17) is 23.2 Å². The van der Waals surface area contributed by atoms with Crippen LogP contribution in [0, 0.1) is 22.2 Å². The Morgan fingerprint density at radius 1 is 0.952 bits per heavy atom. The maximum atomic E-state index is 7.06. The van der Waals surface area contributed by atoms with E-state index in [2.05, 4.69) is 26.0 Å². The lowest BCUT2D eigenvalue weighted by Gasteiger charge is -2.66. The Balaban J connectivity index is 1.72. The molecule has 0 heterocycles. The quantitative estimate of drug-likeness (QED) is 0.537.